The van der Waals surface area contributed by atoms with Crippen molar-refractivity contribution < 1.29 is 14.3 Å². The van der Waals surface area contributed by atoms with Gasteiger partial charge in [-0.3, -0.25) is 10.2 Å². The number of anilines is 1. The molecule has 5 nitrogen and oxygen atoms in total. The minimum absolute atomic E-state index is 0.166. The van der Waals surface area contributed by atoms with Gasteiger partial charge in [0.1, 0.15) is 0 Å². The number of esters is 1. The zero-order chi connectivity index (χ0) is 18.8. The second kappa shape index (κ2) is 10.2. The molecule has 26 heavy (non-hydrogen) atoms. The van der Waals surface area contributed by atoms with Gasteiger partial charge in [-0.1, -0.05) is 36.4 Å². The molecule has 0 aliphatic rings. The van der Waals surface area contributed by atoms with Gasteiger partial charge in [0.2, 0.25) is 5.90 Å². The quantitative estimate of drug-likeness (QED) is 0.408. The number of hydrogen-bond acceptors (Lipinski definition) is 5. The molecule has 2 aromatic carbocycles. The number of nitrogens with one attached hydrogen (secondary N) is 2. The van der Waals surface area contributed by atoms with Crippen molar-refractivity contribution in [3.05, 3.63) is 65.2 Å². The number of aryl methyl sites for hydroxylation is 1. The maximum atomic E-state index is 11.1. The van der Waals surface area contributed by atoms with Crippen molar-refractivity contribution in [3.8, 4) is 0 Å². The lowest BCUT2D eigenvalue weighted by molar-refractivity contribution is -0.140. The SMILES string of the molecule is CNc1ccccc1C(=N)OCCc1ccc(CCCC(=O)OC)cc1. The van der Waals surface area contributed by atoms with E-state index in [-0.39, 0.29) is 11.9 Å². The molecule has 0 spiro atoms. The van der Waals surface area contributed by atoms with Gasteiger partial charge < -0.3 is 14.8 Å². The average Bonchev–Trinajstić information content (AvgIpc) is 2.68. The molecule has 0 amide bonds. The van der Waals surface area contributed by atoms with E-state index >= 15 is 0 Å². The third-order valence-electron chi connectivity index (χ3n) is 4.18. The van der Waals surface area contributed by atoms with Crippen LogP contribution in [0.25, 0.3) is 0 Å². The summed E-state index contributed by atoms with van der Waals surface area (Å²) in [6.07, 6.45) is 2.84. The Morgan fingerprint density at radius 3 is 2.35 bits per heavy atom. The number of hydrogen-bond donors (Lipinski definition) is 2. The van der Waals surface area contributed by atoms with Gasteiger partial charge >= 0.3 is 5.97 Å². The molecule has 0 aliphatic carbocycles. The van der Waals surface area contributed by atoms with Crippen molar-refractivity contribution in [3.63, 3.8) is 0 Å². The van der Waals surface area contributed by atoms with Gasteiger partial charge in [0, 0.05) is 25.6 Å². The number of ether oxygens (including phenoxy) is 2. The van der Waals surface area contributed by atoms with Crippen molar-refractivity contribution in [1.29, 1.82) is 5.41 Å². The van der Waals surface area contributed by atoms with Crippen LogP contribution >= 0.6 is 0 Å². The van der Waals surface area contributed by atoms with Crippen LogP contribution in [0.2, 0.25) is 0 Å². The fourth-order valence-electron chi connectivity index (χ4n) is 2.66. The van der Waals surface area contributed by atoms with E-state index in [0.29, 0.717) is 13.0 Å². The maximum Gasteiger partial charge on any atom is 0.305 e. The highest BCUT2D eigenvalue weighted by Gasteiger charge is 2.07. The Kier molecular flexibility index (Phi) is 7.68. The first kappa shape index (κ1) is 19.5. The molecular weight excluding hydrogens is 328 g/mol. The van der Waals surface area contributed by atoms with E-state index in [1.807, 2.05) is 31.3 Å². The normalized spacial score (nSPS) is 10.2. The number of rotatable bonds is 9. The Balaban J connectivity index is 1.77. The summed E-state index contributed by atoms with van der Waals surface area (Å²) in [5, 5.41) is 11.2. The third-order valence-corrected chi connectivity index (χ3v) is 4.18. The molecule has 0 unspecified atom stereocenters. The molecule has 0 saturated heterocycles. The van der Waals surface area contributed by atoms with Crippen LogP contribution in [-0.4, -0.2) is 32.6 Å². The summed E-state index contributed by atoms with van der Waals surface area (Å²) < 4.78 is 10.2. The van der Waals surface area contributed by atoms with Crippen LogP contribution < -0.4 is 5.32 Å². The number of para-hydroxylation sites is 1. The maximum absolute atomic E-state index is 11.1. The summed E-state index contributed by atoms with van der Waals surface area (Å²) in [6.45, 7) is 0.457. The average molecular weight is 354 g/mol. The van der Waals surface area contributed by atoms with Crippen LogP contribution in [-0.2, 0) is 27.1 Å². The van der Waals surface area contributed by atoms with E-state index in [1.165, 1.54) is 12.7 Å². The lowest BCUT2D eigenvalue weighted by Gasteiger charge is -2.11. The van der Waals surface area contributed by atoms with E-state index in [4.69, 9.17) is 10.1 Å². The van der Waals surface area contributed by atoms with Gasteiger partial charge in [0.15, 0.2) is 0 Å². The Hall–Kier alpha value is -2.82. The molecule has 5 heteroatoms. The first-order valence-corrected chi connectivity index (χ1v) is 8.77. The Morgan fingerprint density at radius 2 is 1.69 bits per heavy atom. The highest BCUT2D eigenvalue weighted by molar-refractivity contribution is 5.97. The van der Waals surface area contributed by atoms with Gasteiger partial charge in [-0.25, -0.2) is 0 Å². The number of benzene rings is 2. The first-order valence-electron chi connectivity index (χ1n) is 8.77. The van der Waals surface area contributed by atoms with Crippen LogP contribution in [0, 0.1) is 5.41 Å². The molecule has 0 radical (unpaired) electrons. The molecule has 0 heterocycles. The number of carbonyl (C=O) groups is 1. The molecule has 2 rings (SSSR count). The summed E-state index contributed by atoms with van der Waals surface area (Å²) in [5.41, 5.74) is 4.01. The highest BCUT2D eigenvalue weighted by Crippen LogP contribution is 2.15. The number of carbonyl (C=O) groups excluding carboxylic acids is 1. The third kappa shape index (κ3) is 5.92. The molecule has 0 bridgehead atoms. The van der Waals surface area contributed by atoms with Crippen LogP contribution in [0.4, 0.5) is 5.69 Å². The Morgan fingerprint density at radius 1 is 1.04 bits per heavy atom. The molecule has 0 aliphatic heterocycles. The molecule has 2 N–H and O–H groups in total. The van der Waals surface area contributed by atoms with Crippen molar-refractivity contribution in [2.45, 2.75) is 25.7 Å². The summed E-state index contributed by atoms with van der Waals surface area (Å²) in [5.74, 6) is 0.00967. The highest BCUT2D eigenvalue weighted by atomic mass is 16.5. The summed E-state index contributed by atoms with van der Waals surface area (Å²) in [6, 6.07) is 15.9. The lowest BCUT2D eigenvalue weighted by Crippen LogP contribution is -2.10. The topological polar surface area (TPSA) is 71.4 Å². The summed E-state index contributed by atoms with van der Waals surface area (Å²) >= 11 is 0. The van der Waals surface area contributed by atoms with Crippen LogP contribution in [0.3, 0.4) is 0 Å². The van der Waals surface area contributed by atoms with Crippen LogP contribution in [0.1, 0.15) is 29.5 Å². The molecular formula is C21H26N2O3. The summed E-state index contributed by atoms with van der Waals surface area (Å²) in [7, 11) is 3.25. The molecule has 0 atom stereocenters. The van der Waals surface area contributed by atoms with Crippen molar-refractivity contribution in [2.75, 3.05) is 26.1 Å². The van der Waals surface area contributed by atoms with Gasteiger partial charge in [-0.15, -0.1) is 0 Å². The Labute approximate surface area is 154 Å². The van der Waals surface area contributed by atoms with Gasteiger partial charge in [0.25, 0.3) is 0 Å². The second-order valence-corrected chi connectivity index (χ2v) is 5.97. The molecule has 138 valence electrons. The molecule has 0 fully saturated rings. The smallest absolute Gasteiger partial charge is 0.305 e. The van der Waals surface area contributed by atoms with Gasteiger partial charge in [-0.2, -0.15) is 0 Å². The minimum Gasteiger partial charge on any atom is -0.477 e. The van der Waals surface area contributed by atoms with E-state index in [2.05, 4.69) is 34.3 Å². The molecule has 0 saturated carbocycles. The van der Waals surface area contributed by atoms with Gasteiger partial charge in [-0.05, 0) is 36.1 Å². The fourth-order valence-corrected chi connectivity index (χ4v) is 2.66. The fraction of sp³-hybridized carbons (Fsp3) is 0.333. The second-order valence-electron chi connectivity index (χ2n) is 5.97. The monoisotopic (exact) mass is 354 g/mol. The van der Waals surface area contributed by atoms with Crippen molar-refractivity contribution in [1.82, 2.24) is 0 Å². The van der Waals surface area contributed by atoms with E-state index in [9.17, 15) is 4.79 Å². The standard InChI is InChI=1S/C21H26N2O3/c1-23-19-8-4-3-7-18(19)21(22)26-15-14-17-12-10-16(11-13-17)6-5-9-20(24)25-2/h3-4,7-8,10-13,22-23H,5-6,9,14-15H2,1-2H3. The summed E-state index contributed by atoms with van der Waals surface area (Å²) in [4.78, 5) is 11.1. The van der Waals surface area contributed by atoms with Crippen molar-refractivity contribution in [2.24, 2.45) is 0 Å². The van der Waals surface area contributed by atoms with Crippen LogP contribution in [0.15, 0.2) is 48.5 Å². The first-order chi connectivity index (χ1) is 12.6. The predicted molar refractivity (Wildman–Crippen MR) is 104 cm³/mol. The lowest BCUT2D eigenvalue weighted by atomic mass is 10.0. The minimum atomic E-state index is -0.166. The predicted octanol–water partition coefficient (Wildman–Crippen LogP) is 3.81. The van der Waals surface area contributed by atoms with Crippen molar-refractivity contribution >= 4 is 17.6 Å². The Bertz CT molecular complexity index is 726. The molecule has 2 aromatic rings. The van der Waals surface area contributed by atoms with E-state index in [1.54, 1.807) is 0 Å². The van der Waals surface area contributed by atoms with E-state index < -0.39 is 0 Å². The zero-order valence-corrected chi connectivity index (χ0v) is 15.4. The van der Waals surface area contributed by atoms with Crippen LogP contribution in [0.5, 0.6) is 0 Å². The van der Waals surface area contributed by atoms with Gasteiger partial charge in [0.05, 0.1) is 19.3 Å². The number of methoxy groups -OCH3 is 1. The zero-order valence-electron chi connectivity index (χ0n) is 15.4. The molecule has 0 aromatic heterocycles. The van der Waals surface area contributed by atoms with E-state index in [0.717, 1.165) is 36.1 Å². The largest absolute Gasteiger partial charge is 0.477 e.